The quantitative estimate of drug-likeness (QED) is 0.728. The Balaban J connectivity index is 1.38. The van der Waals surface area contributed by atoms with Gasteiger partial charge in [0.2, 0.25) is 5.91 Å². The summed E-state index contributed by atoms with van der Waals surface area (Å²) in [4.78, 5) is 24.0. The summed E-state index contributed by atoms with van der Waals surface area (Å²) >= 11 is 0. The third-order valence-corrected chi connectivity index (χ3v) is 5.62. The van der Waals surface area contributed by atoms with Gasteiger partial charge in [-0.25, -0.2) is 9.97 Å². The summed E-state index contributed by atoms with van der Waals surface area (Å²) in [6.07, 6.45) is 10.2. The minimum atomic E-state index is 0.194. The first-order valence-corrected chi connectivity index (χ1v) is 9.50. The number of benzene rings is 1. The van der Waals surface area contributed by atoms with Gasteiger partial charge in [0, 0.05) is 31.4 Å². The van der Waals surface area contributed by atoms with Crippen molar-refractivity contribution in [3.05, 3.63) is 48.8 Å². The number of piperidine rings is 1. The molecule has 1 atom stereocenters. The van der Waals surface area contributed by atoms with Gasteiger partial charge in [0.25, 0.3) is 0 Å². The highest BCUT2D eigenvalue weighted by Crippen LogP contribution is 2.40. The van der Waals surface area contributed by atoms with Crippen LogP contribution in [0.15, 0.2) is 43.0 Å². The van der Waals surface area contributed by atoms with Crippen LogP contribution in [0.25, 0.3) is 11.0 Å². The number of para-hydroxylation sites is 2. The van der Waals surface area contributed by atoms with Gasteiger partial charge in [0.05, 0.1) is 23.4 Å². The van der Waals surface area contributed by atoms with Gasteiger partial charge in [-0.05, 0) is 37.8 Å². The van der Waals surface area contributed by atoms with Crippen LogP contribution in [-0.4, -0.2) is 43.0 Å². The van der Waals surface area contributed by atoms with Crippen LogP contribution in [0.4, 0.5) is 0 Å². The van der Waals surface area contributed by atoms with Crippen molar-refractivity contribution in [3.63, 3.8) is 0 Å². The lowest BCUT2D eigenvalue weighted by atomic mass is 10.1. The predicted molar refractivity (Wildman–Crippen MR) is 98.8 cm³/mol. The molecule has 0 spiro atoms. The van der Waals surface area contributed by atoms with Crippen molar-refractivity contribution < 1.29 is 4.79 Å². The molecule has 1 saturated heterocycles. The molecule has 0 bridgehead atoms. The Kier molecular flexibility index (Phi) is 3.76. The summed E-state index contributed by atoms with van der Waals surface area (Å²) in [6.45, 7) is 2.00. The molecule has 2 fully saturated rings. The van der Waals surface area contributed by atoms with Crippen molar-refractivity contribution in [3.8, 4) is 0 Å². The van der Waals surface area contributed by atoms with E-state index in [4.69, 9.17) is 4.98 Å². The van der Waals surface area contributed by atoms with Gasteiger partial charge in [-0.2, -0.15) is 0 Å². The molecule has 134 valence electrons. The zero-order valence-corrected chi connectivity index (χ0v) is 14.8. The Bertz CT molecular complexity index is 925. The van der Waals surface area contributed by atoms with Crippen molar-refractivity contribution in [2.45, 2.75) is 44.2 Å². The molecule has 6 nitrogen and oxygen atoms in total. The Morgan fingerprint density at radius 3 is 2.88 bits per heavy atom. The van der Waals surface area contributed by atoms with E-state index >= 15 is 0 Å². The van der Waals surface area contributed by atoms with Gasteiger partial charge in [-0.3, -0.25) is 4.79 Å². The summed E-state index contributed by atoms with van der Waals surface area (Å²) in [5.74, 6) is 1.80. The molecule has 1 aliphatic carbocycles. The van der Waals surface area contributed by atoms with E-state index in [2.05, 4.69) is 20.2 Å². The molecule has 26 heavy (non-hydrogen) atoms. The monoisotopic (exact) mass is 349 g/mol. The van der Waals surface area contributed by atoms with Crippen molar-refractivity contribution in [2.24, 2.45) is 0 Å². The number of hydrogen-bond donors (Lipinski definition) is 0. The summed E-state index contributed by atoms with van der Waals surface area (Å²) < 4.78 is 4.28. The SMILES string of the molecule is O=C(Cn1c(C2CC2)nc2ccccc21)N1CCC[C@@H](n2ccnc2)C1. The largest absolute Gasteiger partial charge is 0.339 e. The lowest BCUT2D eigenvalue weighted by Gasteiger charge is -2.33. The van der Waals surface area contributed by atoms with Crippen LogP contribution in [0.2, 0.25) is 0 Å². The van der Waals surface area contributed by atoms with E-state index in [0.717, 1.165) is 42.8 Å². The smallest absolute Gasteiger partial charge is 0.242 e. The second-order valence-corrected chi connectivity index (χ2v) is 7.46. The highest BCUT2D eigenvalue weighted by molar-refractivity contribution is 5.81. The van der Waals surface area contributed by atoms with Gasteiger partial charge < -0.3 is 14.0 Å². The molecule has 0 N–H and O–H groups in total. The predicted octanol–water partition coefficient (Wildman–Crippen LogP) is 2.97. The average molecular weight is 349 g/mol. The number of rotatable bonds is 4. The van der Waals surface area contributed by atoms with Gasteiger partial charge in [-0.1, -0.05) is 12.1 Å². The van der Waals surface area contributed by atoms with Crippen molar-refractivity contribution in [1.29, 1.82) is 0 Å². The van der Waals surface area contributed by atoms with Crippen molar-refractivity contribution in [1.82, 2.24) is 24.0 Å². The first kappa shape index (κ1) is 15.6. The summed E-state index contributed by atoms with van der Waals surface area (Å²) in [5.41, 5.74) is 2.07. The molecule has 5 rings (SSSR count). The number of fused-ring (bicyclic) bond motifs is 1. The second-order valence-electron chi connectivity index (χ2n) is 7.46. The molecule has 1 saturated carbocycles. The normalized spacial score (nSPS) is 20.6. The standard InChI is InChI=1S/C20H23N5O/c26-19(23-10-3-4-16(12-23)24-11-9-21-14-24)13-25-18-6-2-1-5-17(18)22-20(25)15-7-8-15/h1-2,5-6,9,11,14-16H,3-4,7-8,10,12-13H2/t16-/m1/s1. The Hall–Kier alpha value is -2.63. The fraction of sp³-hybridized carbons (Fsp3) is 0.450. The van der Waals surface area contributed by atoms with Crippen LogP contribution in [0.1, 0.15) is 43.5 Å². The molecular formula is C20H23N5O. The molecule has 2 aromatic heterocycles. The molecule has 2 aliphatic rings. The molecule has 6 heteroatoms. The number of nitrogens with zero attached hydrogens (tertiary/aromatic N) is 5. The maximum absolute atomic E-state index is 13.1. The summed E-state index contributed by atoms with van der Waals surface area (Å²) in [6, 6.07) is 8.48. The van der Waals surface area contributed by atoms with E-state index < -0.39 is 0 Å². The van der Waals surface area contributed by atoms with E-state index in [1.54, 1.807) is 6.20 Å². The molecule has 3 aromatic rings. The van der Waals surface area contributed by atoms with E-state index in [9.17, 15) is 4.79 Å². The maximum atomic E-state index is 13.1. The number of aromatic nitrogens is 4. The lowest BCUT2D eigenvalue weighted by molar-refractivity contribution is -0.133. The maximum Gasteiger partial charge on any atom is 0.242 e. The van der Waals surface area contributed by atoms with Gasteiger partial charge in [-0.15, -0.1) is 0 Å². The minimum absolute atomic E-state index is 0.194. The fourth-order valence-corrected chi connectivity index (χ4v) is 4.06. The topological polar surface area (TPSA) is 56.0 Å². The zero-order valence-electron chi connectivity index (χ0n) is 14.8. The van der Waals surface area contributed by atoms with E-state index in [1.165, 1.54) is 12.8 Å². The van der Waals surface area contributed by atoms with Crippen molar-refractivity contribution in [2.75, 3.05) is 13.1 Å². The highest BCUT2D eigenvalue weighted by atomic mass is 16.2. The van der Waals surface area contributed by atoms with E-state index in [0.29, 0.717) is 18.5 Å². The fourth-order valence-electron chi connectivity index (χ4n) is 4.06. The van der Waals surface area contributed by atoms with Crippen LogP contribution in [0.3, 0.4) is 0 Å². The number of likely N-dealkylation sites (tertiary alicyclic amines) is 1. The third-order valence-electron chi connectivity index (χ3n) is 5.62. The number of imidazole rings is 2. The van der Waals surface area contributed by atoms with Crippen LogP contribution < -0.4 is 0 Å². The average Bonchev–Trinajstić information content (AvgIpc) is 3.25. The zero-order chi connectivity index (χ0) is 17.5. The Labute approximate surface area is 152 Å². The van der Waals surface area contributed by atoms with E-state index in [1.807, 2.05) is 35.6 Å². The molecule has 1 amide bonds. The minimum Gasteiger partial charge on any atom is -0.339 e. The molecule has 0 unspecified atom stereocenters. The first-order chi connectivity index (χ1) is 12.8. The number of carbonyl (C=O) groups is 1. The first-order valence-electron chi connectivity index (χ1n) is 9.50. The number of carbonyl (C=O) groups excluding carboxylic acids is 1. The molecule has 1 aliphatic heterocycles. The van der Waals surface area contributed by atoms with Gasteiger partial charge in [0.15, 0.2) is 0 Å². The molecule has 1 aromatic carbocycles. The third kappa shape index (κ3) is 2.79. The van der Waals surface area contributed by atoms with Gasteiger partial charge >= 0.3 is 0 Å². The summed E-state index contributed by atoms with van der Waals surface area (Å²) in [5, 5.41) is 0. The van der Waals surface area contributed by atoms with E-state index in [-0.39, 0.29) is 5.91 Å². The highest BCUT2D eigenvalue weighted by Gasteiger charge is 2.31. The van der Waals surface area contributed by atoms with Crippen LogP contribution in [-0.2, 0) is 11.3 Å². The number of hydrogen-bond acceptors (Lipinski definition) is 3. The second kappa shape index (κ2) is 6.27. The van der Waals surface area contributed by atoms with Crippen LogP contribution >= 0.6 is 0 Å². The molecule has 0 radical (unpaired) electrons. The Morgan fingerprint density at radius 2 is 2.08 bits per heavy atom. The van der Waals surface area contributed by atoms with Crippen molar-refractivity contribution >= 4 is 16.9 Å². The molecule has 3 heterocycles. The lowest BCUT2D eigenvalue weighted by Crippen LogP contribution is -2.42. The number of amides is 1. The van der Waals surface area contributed by atoms with Gasteiger partial charge in [0.1, 0.15) is 12.4 Å². The molecular weight excluding hydrogens is 326 g/mol. The Morgan fingerprint density at radius 1 is 1.19 bits per heavy atom. The summed E-state index contributed by atoms with van der Waals surface area (Å²) in [7, 11) is 0. The van der Waals surface area contributed by atoms with Crippen LogP contribution in [0, 0.1) is 0 Å². The van der Waals surface area contributed by atoms with Crippen LogP contribution in [0.5, 0.6) is 0 Å².